The molecule has 1 aromatic heterocycles. The standard InChI is InChI=1S/C14H23ClN2O3S/c1-4-6-7-9-16(3)14(18)13-10-12(21(15,19)20)11-17(13)8-5-2/h10-11H,4-9H2,1-3H3. The Morgan fingerprint density at radius 2 is 1.95 bits per heavy atom. The second-order valence-electron chi connectivity index (χ2n) is 5.13. The van der Waals surface area contributed by atoms with E-state index in [1.165, 1.54) is 12.3 Å². The predicted octanol–water partition coefficient (Wildman–Crippen LogP) is 3.09. The molecule has 0 atom stereocenters. The van der Waals surface area contributed by atoms with E-state index in [0.717, 1.165) is 25.7 Å². The second kappa shape index (κ2) is 7.84. The van der Waals surface area contributed by atoms with Gasteiger partial charge in [-0.1, -0.05) is 26.7 Å². The zero-order valence-electron chi connectivity index (χ0n) is 12.8. The van der Waals surface area contributed by atoms with E-state index in [4.69, 9.17) is 10.7 Å². The van der Waals surface area contributed by atoms with E-state index in [9.17, 15) is 13.2 Å². The number of halogens is 1. The minimum Gasteiger partial charge on any atom is -0.342 e. The fourth-order valence-electron chi connectivity index (χ4n) is 2.12. The van der Waals surface area contributed by atoms with Gasteiger partial charge in [-0.05, 0) is 18.9 Å². The van der Waals surface area contributed by atoms with Crippen LogP contribution in [0, 0.1) is 0 Å². The van der Waals surface area contributed by atoms with Crippen molar-refractivity contribution >= 4 is 25.6 Å². The Kier molecular flexibility index (Phi) is 6.74. The Morgan fingerprint density at radius 3 is 2.48 bits per heavy atom. The summed E-state index contributed by atoms with van der Waals surface area (Å²) in [7, 11) is 3.27. The van der Waals surface area contributed by atoms with Crippen molar-refractivity contribution in [3.63, 3.8) is 0 Å². The second-order valence-corrected chi connectivity index (χ2v) is 7.69. The minimum atomic E-state index is -3.82. The average Bonchev–Trinajstić information content (AvgIpc) is 2.82. The van der Waals surface area contributed by atoms with Crippen LogP contribution >= 0.6 is 10.7 Å². The van der Waals surface area contributed by atoms with Gasteiger partial charge in [-0.2, -0.15) is 0 Å². The van der Waals surface area contributed by atoms with Gasteiger partial charge in [-0.3, -0.25) is 4.79 Å². The van der Waals surface area contributed by atoms with Gasteiger partial charge in [0.25, 0.3) is 15.0 Å². The summed E-state index contributed by atoms with van der Waals surface area (Å²) in [4.78, 5) is 14.0. The molecule has 0 saturated carbocycles. The van der Waals surface area contributed by atoms with Gasteiger partial charge in [0.2, 0.25) is 0 Å². The molecule has 0 radical (unpaired) electrons. The molecule has 1 aromatic rings. The van der Waals surface area contributed by atoms with Crippen molar-refractivity contribution in [2.75, 3.05) is 13.6 Å². The van der Waals surface area contributed by atoms with Gasteiger partial charge in [0.1, 0.15) is 10.6 Å². The normalized spacial score (nSPS) is 11.6. The summed E-state index contributed by atoms with van der Waals surface area (Å²) < 4.78 is 24.5. The fraction of sp³-hybridized carbons (Fsp3) is 0.643. The summed E-state index contributed by atoms with van der Waals surface area (Å²) >= 11 is 0. The van der Waals surface area contributed by atoms with E-state index in [1.807, 2.05) is 6.92 Å². The lowest BCUT2D eigenvalue weighted by Gasteiger charge is -2.18. The average molecular weight is 335 g/mol. The highest BCUT2D eigenvalue weighted by molar-refractivity contribution is 8.13. The molecule has 0 bridgehead atoms. The zero-order chi connectivity index (χ0) is 16.0. The number of aromatic nitrogens is 1. The largest absolute Gasteiger partial charge is 0.342 e. The van der Waals surface area contributed by atoms with Crippen molar-refractivity contribution in [3.05, 3.63) is 18.0 Å². The molecule has 0 aromatic carbocycles. The van der Waals surface area contributed by atoms with Crippen LogP contribution in [0.15, 0.2) is 17.2 Å². The van der Waals surface area contributed by atoms with Gasteiger partial charge in [0.05, 0.1) is 0 Å². The van der Waals surface area contributed by atoms with Gasteiger partial charge < -0.3 is 9.47 Å². The van der Waals surface area contributed by atoms with Gasteiger partial charge >= 0.3 is 0 Å². The summed E-state index contributed by atoms with van der Waals surface area (Å²) in [5.74, 6) is -0.175. The van der Waals surface area contributed by atoms with Crippen molar-refractivity contribution in [2.24, 2.45) is 0 Å². The first kappa shape index (κ1) is 18.0. The first-order valence-corrected chi connectivity index (χ1v) is 9.52. The molecule has 21 heavy (non-hydrogen) atoms. The van der Waals surface area contributed by atoms with Crippen LogP contribution in [0.1, 0.15) is 50.0 Å². The molecule has 0 unspecified atom stereocenters. The van der Waals surface area contributed by atoms with Crippen LogP contribution in [0.5, 0.6) is 0 Å². The van der Waals surface area contributed by atoms with Crippen LogP contribution in [0.4, 0.5) is 0 Å². The Labute approximate surface area is 131 Å². The SMILES string of the molecule is CCCCCN(C)C(=O)c1cc(S(=O)(=O)Cl)cn1CCC. The molecule has 0 aliphatic rings. The monoisotopic (exact) mass is 334 g/mol. The van der Waals surface area contributed by atoms with E-state index in [2.05, 4.69) is 6.92 Å². The number of hydrogen-bond acceptors (Lipinski definition) is 3. The van der Waals surface area contributed by atoms with E-state index in [-0.39, 0.29) is 10.8 Å². The van der Waals surface area contributed by atoms with Crippen molar-refractivity contribution in [1.29, 1.82) is 0 Å². The third-order valence-electron chi connectivity index (χ3n) is 3.28. The van der Waals surface area contributed by atoms with E-state index in [1.54, 1.807) is 16.5 Å². The minimum absolute atomic E-state index is 0.0251. The van der Waals surface area contributed by atoms with Crippen LogP contribution < -0.4 is 0 Å². The smallest absolute Gasteiger partial charge is 0.270 e. The molecule has 0 N–H and O–H groups in total. The Hall–Kier alpha value is -1.01. The molecule has 1 amide bonds. The van der Waals surface area contributed by atoms with Crippen LogP contribution in [-0.4, -0.2) is 37.4 Å². The first-order chi connectivity index (χ1) is 9.81. The van der Waals surface area contributed by atoms with Crippen LogP contribution in [-0.2, 0) is 15.6 Å². The predicted molar refractivity (Wildman–Crippen MR) is 84.2 cm³/mol. The van der Waals surface area contributed by atoms with Crippen molar-refractivity contribution < 1.29 is 13.2 Å². The highest BCUT2D eigenvalue weighted by Gasteiger charge is 2.21. The topological polar surface area (TPSA) is 59.4 Å². The van der Waals surface area contributed by atoms with Gasteiger partial charge in [-0.25, -0.2) is 8.42 Å². The summed E-state index contributed by atoms with van der Waals surface area (Å²) in [6.07, 6.45) is 5.32. The van der Waals surface area contributed by atoms with Crippen LogP contribution in [0.25, 0.3) is 0 Å². The molecule has 0 saturated heterocycles. The number of amides is 1. The Morgan fingerprint density at radius 1 is 1.29 bits per heavy atom. The molecule has 1 rings (SSSR count). The zero-order valence-corrected chi connectivity index (χ0v) is 14.4. The Balaban J connectivity index is 2.99. The highest BCUT2D eigenvalue weighted by Crippen LogP contribution is 2.20. The quantitative estimate of drug-likeness (QED) is 0.542. The number of nitrogens with zero attached hydrogens (tertiary/aromatic N) is 2. The molecule has 0 spiro atoms. The third-order valence-corrected chi connectivity index (χ3v) is 4.60. The number of unbranched alkanes of at least 4 members (excludes halogenated alkanes) is 2. The molecule has 0 aliphatic heterocycles. The van der Waals surface area contributed by atoms with Gasteiger partial charge in [0.15, 0.2) is 0 Å². The maximum atomic E-state index is 12.4. The number of carbonyl (C=O) groups excluding carboxylic acids is 1. The maximum absolute atomic E-state index is 12.4. The third kappa shape index (κ3) is 5.04. The van der Waals surface area contributed by atoms with E-state index in [0.29, 0.717) is 18.8 Å². The van der Waals surface area contributed by atoms with Crippen molar-refractivity contribution in [3.8, 4) is 0 Å². The number of aryl methyl sites for hydroxylation is 1. The molecular formula is C14H23ClN2O3S. The molecule has 0 fully saturated rings. The summed E-state index contributed by atoms with van der Waals surface area (Å²) in [6.45, 7) is 5.31. The molecule has 120 valence electrons. The summed E-state index contributed by atoms with van der Waals surface area (Å²) in [5, 5.41) is 0. The van der Waals surface area contributed by atoms with Crippen molar-refractivity contribution in [2.45, 2.75) is 51.0 Å². The molecule has 1 heterocycles. The molecule has 5 nitrogen and oxygen atoms in total. The molecular weight excluding hydrogens is 312 g/mol. The van der Waals surface area contributed by atoms with Gasteiger partial charge in [0, 0.05) is 37.0 Å². The first-order valence-electron chi connectivity index (χ1n) is 7.21. The number of carbonyl (C=O) groups is 1. The van der Waals surface area contributed by atoms with Gasteiger partial charge in [-0.15, -0.1) is 0 Å². The van der Waals surface area contributed by atoms with Crippen LogP contribution in [0.3, 0.4) is 0 Å². The number of hydrogen-bond donors (Lipinski definition) is 0. The lowest BCUT2D eigenvalue weighted by atomic mass is 10.2. The van der Waals surface area contributed by atoms with Crippen molar-refractivity contribution in [1.82, 2.24) is 9.47 Å². The number of rotatable bonds is 8. The lowest BCUT2D eigenvalue weighted by molar-refractivity contribution is 0.0782. The molecule has 0 aliphatic carbocycles. The maximum Gasteiger partial charge on any atom is 0.270 e. The van der Waals surface area contributed by atoms with Crippen LogP contribution in [0.2, 0.25) is 0 Å². The fourth-order valence-corrected chi connectivity index (χ4v) is 2.88. The summed E-state index contributed by atoms with van der Waals surface area (Å²) in [5.41, 5.74) is 0.370. The molecule has 7 heteroatoms. The summed E-state index contributed by atoms with van der Waals surface area (Å²) in [6, 6.07) is 1.36. The van der Waals surface area contributed by atoms with E-state index >= 15 is 0 Å². The lowest BCUT2D eigenvalue weighted by Crippen LogP contribution is -2.29. The Bertz CT molecular complexity index is 581. The van der Waals surface area contributed by atoms with E-state index < -0.39 is 9.05 Å². The highest BCUT2D eigenvalue weighted by atomic mass is 35.7.